The predicted octanol–water partition coefficient (Wildman–Crippen LogP) is 2.10. The third-order valence-corrected chi connectivity index (χ3v) is 2.30. The molecule has 0 unspecified atom stereocenters. The first kappa shape index (κ1) is 7.80. The fourth-order valence-electron chi connectivity index (χ4n) is 1.37. The molecule has 1 nitrogen and oxygen atoms in total. The molecule has 1 heteroatoms. The van der Waals surface area contributed by atoms with Crippen molar-refractivity contribution < 1.29 is 0 Å². The summed E-state index contributed by atoms with van der Waals surface area (Å²) in [5, 5.41) is 3.39. The lowest BCUT2D eigenvalue weighted by Crippen LogP contribution is -2.24. The molecule has 0 bridgehead atoms. The Morgan fingerprint density at radius 3 is 2.90 bits per heavy atom. The summed E-state index contributed by atoms with van der Waals surface area (Å²) in [7, 11) is 0. The highest BCUT2D eigenvalue weighted by molar-refractivity contribution is 5.14. The highest BCUT2D eigenvalue weighted by Crippen LogP contribution is 2.15. The average molecular weight is 139 g/mol. The molecule has 10 heavy (non-hydrogen) atoms. The smallest absolute Gasteiger partial charge is 0.0167 e. The van der Waals surface area contributed by atoms with E-state index in [4.69, 9.17) is 0 Å². The van der Waals surface area contributed by atoms with Gasteiger partial charge in [0.2, 0.25) is 0 Å². The van der Waals surface area contributed by atoms with Gasteiger partial charge in [-0.3, -0.25) is 0 Å². The number of hydrogen-bond donors (Lipinski definition) is 1. The molecule has 0 aromatic heterocycles. The summed E-state index contributed by atoms with van der Waals surface area (Å²) < 4.78 is 0. The Hall–Kier alpha value is -0.300. The Balaban J connectivity index is 2.51. The summed E-state index contributed by atoms with van der Waals surface area (Å²) >= 11 is 0. The largest absolute Gasteiger partial charge is 0.313 e. The van der Waals surface area contributed by atoms with Crippen LogP contribution in [0.2, 0.25) is 0 Å². The summed E-state index contributed by atoms with van der Waals surface area (Å²) in [5.41, 5.74) is 3.24. The van der Waals surface area contributed by atoms with Gasteiger partial charge >= 0.3 is 0 Å². The molecule has 1 saturated heterocycles. The fraction of sp³-hybridized carbons (Fsp3) is 0.778. The number of allylic oxidation sites excluding steroid dienone is 1. The molecular weight excluding hydrogens is 122 g/mol. The van der Waals surface area contributed by atoms with E-state index in [1.165, 1.54) is 25.8 Å². The van der Waals surface area contributed by atoms with E-state index in [0.717, 1.165) is 6.54 Å². The molecule has 0 amide bonds. The van der Waals surface area contributed by atoms with Gasteiger partial charge in [0.15, 0.2) is 0 Å². The van der Waals surface area contributed by atoms with Crippen molar-refractivity contribution in [1.29, 1.82) is 0 Å². The van der Waals surface area contributed by atoms with Crippen molar-refractivity contribution in [2.45, 2.75) is 33.1 Å². The van der Waals surface area contributed by atoms with E-state index in [0.29, 0.717) is 0 Å². The van der Waals surface area contributed by atoms with Crippen molar-refractivity contribution in [3.05, 3.63) is 11.1 Å². The summed E-state index contributed by atoms with van der Waals surface area (Å²) in [4.78, 5) is 0. The lowest BCUT2D eigenvalue weighted by Gasteiger charge is -2.17. The van der Waals surface area contributed by atoms with E-state index in [-0.39, 0.29) is 0 Å². The molecule has 0 atom stereocenters. The molecule has 0 saturated carbocycles. The van der Waals surface area contributed by atoms with Crippen molar-refractivity contribution in [2.24, 2.45) is 0 Å². The summed E-state index contributed by atoms with van der Waals surface area (Å²) in [6, 6.07) is 0. The van der Waals surface area contributed by atoms with Gasteiger partial charge in [-0.25, -0.2) is 0 Å². The predicted molar refractivity (Wildman–Crippen MR) is 45.1 cm³/mol. The molecule has 1 rings (SSSR count). The van der Waals surface area contributed by atoms with Crippen LogP contribution in [0.15, 0.2) is 11.1 Å². The number of hydrogen-bond acceptors (Lipinski definition) is 1. The molecule has 1 heterocycles. The van der Waals surface area contributed by atoms with Crippen LogP contribution in [0.3, 0.4) is 0 Å². The second kappa shape index (κ2) is 3.77. The van der Waals surface area contributed by atoms with Crippen LogP contribution in [-0.2, 0) is 0 Å². The second-order valence-corrected chi connectivity index (χ2v) is 3.02. The fourth-order valence-corrected chi connectivity index (χ4v) is 1.37. The van der Waals surface area contributed by atoms with Gasteiger partial charge in [-0.1, -0.05) is 18.1 Å². The quantitative estimate of drug-likeness (QED) is 0.548. The summed E-state index contributed by atoms with van der Waals surface area (Å²) in [5.74, 6) is 0. The van der Waals surface area contributed by atoms with Gasteiger partial charge in [-0.05, 0) is 32.7 Å². The van der Waals surface area contributed by atoms with Gasteiger partial charge in [-0.2, -0.15) is 0 Å². The van der Waals surface area contributed by atoms with Gasteiger partial charge < -0.3 is 5.32 Å². The number of nitrogens with one attached hydrogen (secondary N) is 1. The Labute approximate surface area is 63.5 Å². The average Bonchev–Trinajstić information content (AvgIpc) is 2.05. The molecule has 58 valence electrons. The van der Waals surface area contributed by atoms with Gasteiger partial charge in [-0.15, -0.1) is 0 Å². The molecule has 1 aliphatic heterocycles. The summed E-state index contributed by atoms with van der Waals surface area (Å²) in [6.45, 7) is 6.83. The molecule has 1 N–H and O–H groups in total. The first-order chi connectivity index (χ1) is 4.84. The number of piperidine rings is 1. The van der Waals surface area contributed by atoms with E-state index in [1.54, 1.807) is 11.1 Å². The maximum atomic E-state index is 3.39. The van der Waals surface area contributed by atoms with Crippen molar-refractivity contribution >= 4 is 0 Å². The zero-order valence-corrected chi connectivity index (χ0v) is 7.04. The van der Waals surface area contributed by atoms with Crippen molar-refractivity contribution in [1.82, 2.24) is 5.32 Å². The number of rotatable bonds is 1. The monoisotopic (exact) mass is 139 g/mol. The lowest BCUT2D eigenvalue weighted by molar-refractivity contribution is 0.602. The Bertz CT molecular complexity index is 128. The van der Waals surface area contributed by atoms with Crippen molar-refractivity contribution in [3.8, 4) is 0 Å². The maximum absolute atomic E-state index is 3.39. The van der Waals surface area contributed by atoms with Crippen LogP contribution in [-0.4, -0.2) is 13.1 Å². The molecule has 0 aromatic carbocycles. The van der Waals surface area contributed by atoms with Crippen molar-refractivity contribution in [2.75, 3.05) is 13.1 Å². The second-order valence-electron chi connectivity index (χ2n) is 3.02. The van der Waals surface area contributed by atoms with Crippen LogP contribution in [0.5, 0.6) is 0 Å². The Kier molecular flexibility index (Phi) is 2.94. The van der Waals surface area contributed by atoms with Crippen LogP contribution in [0, 0.1) is 0 Å². The highest BCUT2D eigenvalue weighted by Gasteiger charge is 2.05. The van der Waals surface area contributed by atoms with Crippen LogP contribution in [0.4, 0.5) is 0 Å². The SMILES string of the molecule is CC/C(C)=C1/CCCNC1. The van der Waals surface area contributed by atoms with E-state index < -0.39 is 0 Å². The first-order valence-corrected chi connectivity index (χ1v) is 4.22. The minimum absolute atomic E-state index is 1.14. The molecule has 1 aliphatic rings. The third-order valence-electron chi connectivity index (χ3n) is 2.30. The normalized spacial score (nSPS) is 24.6. The molecule has 0 aromatic rings. The van der Waals surface area contributed by atoms with Crippen molar-refractivity contribution in [3.63, 3.8) is 0 Å². The minimum atomic E-state index is 1.14. The standard InChI is InChI=1S/C9H17N/c1-3-8(2)9-5-4-6-10-7-9/h10H,3-7H2,1-2H3/b9-8-. The van der Waals surface area contributed by atoms with E-state index >= 15 is 0 Å². The van der Waals surface area contributed by atoms with E-state index in [9.17, 15) is 0 Å². The zero-order chi connectivity index (χ0) is 7.40. The highest BCUT2D eigenvalue weighted by atomic mass is 14.9. The van der Waals surface area contributed by atoms with Gasteiger partial charge in [0, 0.05) is 6.54 Å². The Morgan fingerprint density at radius 1 is 1.60 bits per heavy atom. The van der Waals surface area contributed by atoms with E-state index in [2.05, 4.69) is 19.2 Å². The first-order valence-electron chi connectivity index (χ1n) is 4.22. The molecule has 0 spiro atoms. The third kappa shape index (κ3) is 1.84. The molecular formula is C9H17N. The van der Waals surface area contributed by atoms with Gasteiger partial charge in [0.25, 0.3) is 0 Å². The Morgan fingerprint density at radius 2 is 2.40 bits per heavy atom. The molecule has 0 radical (unpaired) electrons. The van der Waals surface area contributed by atoms with Crippen LogP contribution in [0.25, 0.3) is 0 Å². The van der Waals surface area contributed by atoms with Gasteiger partial charge in [0.1, 0.15) is 0 Å². The topological polar surface area (TPSA) is 12.0 Å². The van der Waals surface area contributed by atoms with Crippen LogP contribution < -0.4 is 5.32 Å². The van der Waals surface area contributed by atoms with Gasteiger partial charge in [0.05, 0.1) is 0 Å². The zero-order valence-electron chi connectivity index (χ0n) is 7.04. The van der Waals surface area contributed by atoms with Crippen LogP contribution >= 0.6 is 0 Å². The maximum Gasteiger partial charge on any atom is 0.0167 e. The minimum Gasteiger partial charge on any atom is -0.313 e. The molecule has 0 aliphatic carbocycles. The summed E-state index contributed by atoms with van der Waals surface area (Å²) in [6.07, 6.45) is 3.87. The lowest BCUT2D eigenvalue weighted by atomic mass is 10.00. The van der Waals surface area contributed by atoms with Crippen LogP contribution in [0.1, 0.15) is 33.1 Å². The van der Waals surface area contributed by atoms with E-state index in [1.807, 2.05) is 0 Å². The molecule has 1 fully saturated rings.